The fourth-order valence-corrected chi connectivity index (χ4v) is 3.17. The van der Waals surface area contributed by atoms with Crippen molar-refractivity contribution in [3.8, 4) is 0 Å². The molecule has 8 heteroatoms. The lowest BCUT2D eigenvalue weighted by Crippen LogP contribution is -2.32. The van der Waals surface area contributed by atoms with Crippen molar-refractivity contribution in [2.75, 3.05) is 18.8 Å². The van der Waals surface area contributed by atoms with Gasteiger partial charge in [-0.1, -0.05) is 42.5 Å². The molecule has 6 nitrogen and oxygen atoms in total. The molecule has 1 amide bonds. The van der Waals surface area contributed by atoms with Crippen molar-refractivity contribution in [1.82, 2.24) is 9.62 Å². The molecule has 0 saturated carbocycles. The molecule has 0 unspecified atom stereocenters. The lowest BCUT2D eigenvalue weighted by atomic mass is 10.1. The van der Waals surface area contributed by atoms with Gasteiger partial charge in [-0.05, 0) is 43.1 Å². The third kappa shape index (κ3) is 7.59. The predicted molar refractivity (Wildman–Crippen MR) is 115 cm³/mol. The first-order valence-corrected chi connectivity index (χ1v) is 10.7. The largest absolute Gasteiger partial charge is 0.334 e. The van der Waals surface area contributed by atoms with Crippen LogP contribution in [0.4, 0.5) is 0 Å². The van der Waals surface area contributed by atoms with Gasteiger partial charge in [-0.25, -0.2) is 13.1 Å². The summed E-state index contributed by atoms with van der Waals surface area (Å²) in [7, 11) is -3.24. The van der Waals surface area contributed by atoms with Gasteiger partial charge in [0, 0.05) is 25.2 Å². The number of nitrogens with one attached hydrogen (secondary N) is 1. The van der Waals surface area contributed by atoms with Crippen LogP contribution in [-0.4, -0.2) is 38.1 Å². The first-order valence-electron chi connectivity index (χ1n) is 9.04. The van der Waals surface area contributed by atoms with Gasteiger partial charge in [-0.3, -0.25) is 4.79 Å². The van der Waals surface area contributed by atoms with Crippen molar-refractivity contribution in [1.29, 1.82) is 0 Å². The summed E-state index contributed by atoms with van der Waals surface area (Å²) in [4.78, 5) is 14.7. The molecular formula is C20H28ClN3O3S. The lowest BCUT2D eigenvalue weighted by molar-refractivity contribution is 0.0742. The summed E-state index contributed by atoms with van der Waals surface area (Å²) in [6, 6.07) is 16.8. The highest BCUT2D eigenvalue weighted by Crippen LogP contribution is 2.12. The highest BCUT2D eigenvalue weighted by molar-refractivity contribution is 7.89. The molecule has 28 heavy (non-hydrogen) atoms. The zero-order chi connectivity index (χ0) is 19.7. The fraction of sp³-hybridized carbons (Fsp3) is 0.350. The number of amides is 1. The molecule has 0 saturated heterocycles. The first-order chi connectivity index (χ1) is 12.9. The number of sulfonamides is 1. The summed E-state index contributed by atoms with van der Waals surface area (Å²) in [6.07, 6.45) is 0.732. The van der Waals surface area contributed by atoms with Crippen LogP contribution in [-0.2, 0) is 23.1 Å². The second-order valence-corrected chi connectivity index (χ2v) is 8.37. The average molecular weight is 426 g/mol. The van der Waals surface area contributed by atoms with Crippen LogP contribution in [0.15, 0.2) is 54.6 Å². The molecule has 0 atom stereocenters. The molecule has 0 bridgehead atoms. The van der Waals surface area contributed by atoms with E-state index in [9.17, 15) is 13.2 Å². The van der Waals surface area contributed by atoms with E-state index in [-0.39, 0.29) is 30.6 Å². The number of rotatable bonds is 10. The number of carbonyl (C=O) groups excluding carboxylic acids is 1. The van der Waals surface area contributed by atoms with Crippen LogP contribution in [0, 0.1) is 0 Å². The van der Waals surface area contributed by atoms with Crippen LogP contribution in [0.2, 0.25) is 0 Å². The number of hydrogen-bond donors (Lipinski definition) is 2. The van der Waals surface area contributed by atoms with E-state index in [1.807, 2.05) is 30.3 Å². The van der Waals surface area contributed by atoms with Crippen molar-refractivity contribution in [2.45, 2.75) is 26.4 Å². The summed E-state index contributed by atoms with van der Waals surface area (Å²) in [5.74, 6) is -0.0212. The highest BCUT2D eigenvalue weighted by atomic mass is 35.5. The van der Waals surface area contributed by atoms with Crippen LogP contribution in [0.5, 0.6) is 0 Å². The van der Waals surface area contributed by atoms with Gasteiger partial charge in [0.05, 0.1) is 5.75 Å². The van der Waals surface area contributed by atoms with Crippen LogP contribution in [0.3, 0.4) is 0 Å². The van der Waals surface area contributed by atoms with Crippen molar-refractivity contribution < 1.29 is 13.2 Å². The smallest absolute Gasteiger partial charge is 0.254 e. The topological polar surface area (TPSA) is 92.5 Å². The number of halogens is 1. The van der Waals surface area contributed by atoms with Crippen molar-refractivity contribution in [3.63, 3.8) is 0 Å². The normalized spacial score (nSPS) is 10.9. The van der Waals surface area contributed by atoms with E-state index in [0.29, 0.717) is 25.2 Å². The third-order valence-electron chi connectivity index (χ3n) is 4.21. The Labute approximate surface area is 173 Å². The number of hydrogen-bond acceptors (Lipinski definition) is 4. The first kappa shape index (κ1) is 24.1. The van der Waals surface area contributed by atoms with Gasteiger partial charge in [0.1, 0.15) is 0 Å². The summed E-state index contributed by atoms with van der Waals surface area (Å²) in [5.41, 5.74) is 8.06. The average Bonchev–Trinajstić information content (AvgIpc) is 2.70. The zero-order valence-electron chi connectivity index (χ0n) is 16.0. The zero-order valence-corrected chi connectivity index (χ0v) is 17.6. The molecule has 2 aromatic carbocycles. The molecule has 0 aliphatic carbocycles. The van der Waals surface area contributed by atoms with Gasteiger partial charge in [-0.15, -0.1) is 12.4 Å². The monoisotopic (exact) mass is 425 g/mol. The van der Waals surface area contributed by atoms with Crippen LogP contribution in [0.25, 0.3) is 0 Å². The Morgan fingerprint density at radius 2 is 1.68 bits per heavy atom. The number of carbonyl (C=O) groups is 1. The van der Waals surface area contributed by atoms with Crippen LogP contribution < -0.4 is 10.5 Å². The van der Waals surface area contributed by atoms with E-state index in [2.05, 4.69) is 4.72 Å². The molecule has 0 aliphatic heterocycles. The highest BCUT2D eigenvalue weighted by Gasteiger charge is 2.16. The summed E-state index contributed by atoms with van der Waals surface area (Å²) < 4.78 is 25.6. The Hall–Kier alpha value is -1.93. The molecule has 3 N–H and O–H groups in total. The third-order valence-corrected chi connectivity index (χ3v) is 5.56. The maximum absolute atomic E-state index is 12.9. The van der Waals surface area contributed by atoms with E-state index >= 15 is 0 Å². The minimum Gasteiger partial charge on any atom is -0.334 e. The second-order valence-electron chi connectivity index (χ2n) is 6.28. The Kier molecular flexibility index (Phi) is 10.2. The van der Waals surface area contributed by atoms with E-state index in [0.717, 1.165) is 17.5 Å². The number of nitrogens with two attached hydrogens (primary N) is 1. The predicted octanol–water partition coefficient (Wildman–Crippen LogP) is 2.54. The molecule has 2 rings (SSSR count). The second kappa shape index (κ2) is 11.8. The van der Waals surface area contributed by atoms with Gasteiger partial charge >= 0.3 is 0 Å². The van der Waals surface area contributed by atoms with E-state index in [4.69, 9.17) is 5.73 Å². The molecule has 0 aliphatic rings. The Bertz CT molecular complexity index is 828. The maximum atomic E-state index is 12.9. The van der Waals surface area contributed by atoms with E-state index in [1.165, 1.54) is 0 Å². The molecule has 0 aromatic heterocycles. The minimum atomic E-state index is -3.24. The minimum absolute atomic E-state index is 0. The molecule has 0 fully saturated rings. The molecule has 154 valence electrons. The molecule has 0 radical (unpaired) electrons. The van der Waals surface area contributed by atoms with Gasteiger partial charge in [0.25, 0.3) is 5.91 Å². The van der Waals surface area contributed by atoms with Crippen molar-refractivity contribution >= 4 is 28.3 Å². The van der Waals surface area contributed by atoms with E-state index in [1.54, 1.807) is 36.1 Å². The maximum Gasteiger partial charge on any atom is 0.254 e. The molecular weight excluding hydrogens is 398 g/mol. The summed E-state index contributed by atoms with van der Waals surface area (Å²) in [5, 5.41) is 0. The van der Waals surface area contributed by atoms with Gasteiger partial charge in [0.15, 0.2) is 0 Å². The van der Waals surface area contributed by atoms with Gasteiger partial charge < -0.3 is 10.6 Å². The standard InChI is InChI=1S/C20H27N3O3S.ClH/c1-2-27(25,26)22-15-17-9-11-19(12-10-17)20(24)23(14-6-13-21)16-18-7-4-3-5-8-18;/h3-5,7-12,22H,2,6,13-16,21H2,1H3;1H. The SMILES string of the molecule is CCS(=O)(=O)NCc1ccc(C(=O)N(CCCN)Cc2ccccc2)cc1.Cl. The number of nitrogens with zero attached hydrogens (tertiary/aromatic N) is 1. The lowest BCUT2D eigenvalue weighted by Gasteiger charge is -2.23. The quantitative estimate of drug-likeness (QED) is 0.611. The van der Waals surface area contributed by atoms with Crippen LogP contribution in [0.1, 0.15) is 34.8 Å². The molecule has 2 aromatic rings. The van der Waals surface area contributed by atoms with Crippen LogP contribution >= 0.6 is 12.4 Å². The van der Waals surface area contributed by atoms with Crippen molar-refractivity contribution in [3.05, 3.63) is 71.3 Å². The van der Waals surface area contributed by atoms with Gasteiger partial charge in [-0.2, -0.15) is 0 Å². The number of benzene rings is 2. The Balaban J connectivity index is 0.00000392. The van der Waals surface area contributed by atoms with E-state index < -0.39 is 10.0 Å². The molecule has 0 spiro atoms. The summed E-state index contributed by atoms with van der Waals surface area (Å²) in [6.45, 7) is 3.44. The summed E-state index contributed by atoms with van der Waals surface area (Å²) >= 11 is 0. The van der Waals surface area contributed by atoms with Crippen molar-refractivity contribution in [2.24, 2.45) is 5.73 Å². The molecule has 0 heterocycles. The Morgan fingerprint density at radius 3 is 2.25 bits per heavy atom. The van der Waals surface area contributed by atoms with Gasteiger partial charge in [0.2, 0.25) is 10.0 Å². The Morgan fingerprint density at radius 1 is 1.04 bits per heavy atom. The fourth-order valence-electron chi connectivity index (χ4n) is 2.58.